The highest BCUT2D eigenvalue weighted by molar-refractivity contribution is 5.97. The van der Waals surface area contributed by atoms with Gasteiger partial charge >= 0.3 is 0 Å². The fraction of sp³-hybridized carbons (Fsp3) is 0.370. The van der Waals surface area contributed by atoms with Gasteiger partial charge in [0.2, 0.25) is 5.91 Å². The molecule has 2 aliphatic rings. The average molecular weight is 445 g/mol. The Morgan fingerprint density at radius 1 is 1.00 bits per heavy atom. The van der Waals surface area contributed by atoms with Crippen molar-refractivity contribution in [2.75, 3.05) is 22.9 Å². The van der Waals surface area contributed by atoms with Crippen molar-refractivity contribution in [3.63, 3.8) is 0 Å². The van der Waals surface area contributed by atoms with E-state index in [-0.39, 0.29) is 23.7 Å². The molecule has 1 atom stereocenters. The van der Waals surface area contributed by atoms with Crippen LogP contribution in [-0.2, 0) is 11.2 Å². The number of rotatable bonds is 3. The highest BCUT2D eigenvalue weighted by Crippen LogP contribution is 2.34. The van der Waals surface area contributed by atoms with Crippen molar-refractivity contribution < 1.29 is 9.18 Å². The van der Waals surface area contributed by atoms with Crippen LogP contribution in [-0.4, -0.2) is 35.2 Å². The fourth-order valence-corrected chi connectivity index (χ4v) is 5.11. The minimum absolute atomic E-state index is 0.0288. The predicted molar refractivity (Wildman–Crippen MR) is 129 cm³/mol. The van der Waals surface area contributed by atoms with Crippen LogP contribution in [0.25, 0.3) is 11.3 Å². The van der Waals surface area contributed by atoms with Gasteiger partial charge in [-0.2, -0.15) is 0 Å². The van der Waals surface area contributed by atoms with Gasteiger partial charge in [0.05, 0.1) is 5.69 Å². The molecular formula is C27H29FN4O. The van der Waals surface area contributed by atoms with E-state index in [0.717, 1.165) is 67.1 Å². The van der Waals surface area contributed by atoms with Crippen molar-refractivity contribution in [1.29, 1.82) is 0 Å². The summed E-state index contributed by atoms with van der Waals surface area (Å²) < 4.78 is 13.7. The SMILES string of the molecule is Cc1ccccc1-c1ccc(N2CCC(C(=O)N3c4ccc(F)cc4CC[C@H]3C)CC2)nn1. The van der Waals surface area contributed by atoms with Gasteiger partial charge in [-0.15, -0.1) is 10.2 Å². The lowest BCUT2D eigenvalue weighted by Gasteiger charge is -2.39. The molecule has 0 aliphatic carbocycles. The average Bonchev–Trinajstić information content (AvgIpc) is 2.84. The molecule has 1 saturated heterocycles. The van der Waals surface area contributed by atoms with E-state index in [9.17, 15) is 9.18 Å². The molecular weight excluding hydrogens is 415 g/mol. The molecule has 0 saturated carbocycles. The van der Waals surface area contributed by atoms with Gasteiger partial charge in [-0.3, -0.25) is 4.79 Å². The van der Waals surface area contributed by atoms with E-state index < -0.39 is 0 Å². The zero-order valence-electron chi connectivity index (χ0n) is 19.2. The quantitative estimate of drug-likeness (QED) is 0.559. The molecule has 1 aromatic heterocycles. The van der Waals surface area contributed by atoms with E-state index in [2.05, 4.69) is 41.1 Å². The van der Waals surface area contributed by atoms with E-state index in [4.69, 9.17) is 0 Å². The number of piperidine rings is 1. The first kappa shape index (κ1) is 21.6. The van der Waals surface area contributed by atoms with Crippen LogP contribution >= 0.6 is 0 Å². The summed E-state index contributed by atoms with van der Waals surface area (Å²) in [6, 6.07) is 17.1. The molecule has 5 nitrogen and oxygen atoms in total. The molecule has 3 heterocycles. The molecule has 0 bridgehead atoms. The number of nitrogens with zero attached hydrogens (tertiary/aromatic N) is 4. The molecule has 1 fully saturated rings. The number of halogens is 1. The van der Waals surface area contributed by atoms with Crippen LogP contribution in [0.4, 0.5) is 15.9 Å². The minimum atomic E-state index is -0.237. The summed E-state index contributed by atoms with van der Waals surface area (Å²) in [7, 11) is 0. The topological polar surface area (TPSA) is 49.3 Å². The maximum atomic E-state index is 13.7. The lowest BCUT2D eigenvalue weighted by molar-refractivity contribution is -0.123. The van der Waals surface area contributed by atoms with Gasteiger partial charge in [0.25, 0.3) is 0 Å². The van der Waals surface area contributed by atoms with Gasteiger partial charge < -0.3 is 9.80 Å². The molecule has 2 aromatic carbocycles. The molecule has 0 spiro atoms. The zero-order chi connectivity index (χ0) is 22.9. The van der Waals surface area contributed by atoms with Crippen molar-refractivity contribution in [3.05, 3.63) is 71.5 Å². The van der Waals surface area contributed by atoms with Gasteiger partial charge in [-0.25, -0.2) is 4.39 Å². The Morgan fingerprint density at radius 2 is 1.79 bits per heavy atom. The van der Waals surface area contributed by atoms with Crippen molar-refractivity contribution in [2.24, 2.45) is 5.92 Å². The Kier molecular flexibility index (Phi) is 5.83. The highest BCUT2D eigenvalue weighted by atomic mass is 19.1. The Morgan fingerprint density at radius 3 is 2.52 bits per heavy atom. The van der Waals surface area contributed by atoms with Gasteiger partial charge in [-0.05, 0) is 81.0 Å². The summed E-state index contributed by atoms with van der Waals surface area (Å²) in [5.74, 6) is 0.749. The van der Waals surface area contributed by atoms with Crippen LogP contribution in [0.5, 0.6) is 0 Å². The molecule has 0 unspecified atom stereocenters. The van der Waals surface area contributed by atoms with Crippen LogP contribution < -0.4 is 9.80 Å². The normalized spacial score (nSPS) is 18.8. The number of carbonyl (C=O) groups is 1. The minimum Gasteiger partial charge on any atom is -0.355 e. The summed E-state index contributed by atoms with van der Waals surface area (Å²) in [6.45, 7) is 5.70. The third-order valence-electron chi connectivity index (χ3n) is 7.05. The van der Waals surface area contributed by atoms with Gasteiger partial charge in [0, 0.05) is 36.3 Å². The van der Waals surface area contributed by atoms with Crippen molar-refractivity contribution >= 4 is 17.4 Å². The summed E-state index contributed by atoms with van der Waals surface area (Å²) in [5.41, 5.74) is 4.95. The summed E-state index contributed by atoms with van der Waals surface area (Å²) in [4.78, 5) is 17.6. The van der Waals surface area contributed by atoms with Gasteiger partial charge in [0.1, 0.15) is 5.82 Å². The summed E-state index contributed by atoms with van der Waals surface area (Å²) in [6.07, 6.45) is 3.23. The van der Waals surface area contributed by atoms with Crippen LogP contribution in [0.15, 0.2) is 54.6 Å². The molecule has 5 rings (SSSR count). The van der Waals surface area contributed by atoms with Crippen molar-refractivity contribution in [3.8, 4) is 11.3 Å². The third-order valence-corrected chi connectivity index (χ3v) is 7.05. The molecule has 3 aromatic rings. The molecule has 0 radical (unpaired) electrons. The lowest BCUT2D eigenvalue weighted by atomic mass is 9.90. The van der Waals surface area contributed by atoms with Gasteiger partial charge in [0.15, 0.2) is 5.82 Å². The first-order valence-electron chi connectivity index (χ1n) is 11.8. The standard InChI is InChI=1S/C27H29FN4O/c1-18-5-3-4-6-23(18)24-10-12-26(30-29-24)31-15-13-20(14-16-31)27(33)32-19(2)7-8-21-17-22(28)9-11-25(21)32/h3-6,9-12,17,19-20H,7-8,13-16H2,1-2H3/t19-/m1/s1. The van der Waals surface area contributed by atoms with E-state index >= 15 is 0 Å². The second-order valence-electron chi connectivity index (χ2n) is 9.22. The number of fused-ring (bicyclic) bond motifs is 1. The zero-order valence-corrected chi connectivity index (χ0v) is 19.2. The number of carbonyl (C=O) groups excluding carboxylic acids is 1. The third kappa shape index (κ3) is 4.22. The van der Waals surface area contributed by atoms with Gasteiger partial charge in [-0.1, -0.05) is 24.3 Å². The predicted octanol–water partition coefficient (Wildman–Crippen LogP) is 5.18. The van der Waals surface area contributed by atoms with E-state index in [1.165, 1.54) is 11.6 Å². The van der Waals surface area contributed by atoms with Crippen LogP contribution in [0.2, 0.25) is 0 Å². The number of amides is 1. The second-order valence-corrected chi connectivity index (χ2v) is 9.22. The molecule has 6 heteroatoms. The van der Waals surface area contributed by atoms with E-state index in [1.54, 1.807) is 12.1 Å². The Balaban J connectivity index is 1.26. The summed E-state index contributed by atoms with van der Waals surface area (Å²) >= 11 is 0. The largest absolute Gasteiger partial charge is 0.355 e. The lowest BCUT2D eigenvalue weighted by Crippen LogP contribution is -2.48. The first-order chi connectivity index (χ1) is 16.0. The summed E-state index contributed by atoms with van der Waals surface area (Å²) in [5, 5.41) is 8.93. The Bertz CT molecular complexity index is 1160. The fourth-order valence-electron chi connectivity index (χ4n) is 5.11. The molecule has 33 heavy (non-hydrogen) atoms. The number of hydrogen-bond donors (Lipinski definition) is 0. The molecule has 0 N–H and O–H groups in total. The second kappa shape index (κ2) is 8.93. The van der Waals surface area contributed by atoms with Crippen LogP contribution in [0, 0.1) is 18.7 Å². The number of benzene rings is 2. The highest BCUT2D eigenvalue weighted by Gasteiger charge is 2.34. The van der Waals surface area contributed by atoms with Crippen molar-refractivity contribution in [1.82, 2.24) is 10.2 Å². The monoisotopic (exact) mass is 444 g/mol. The Hall–Kier alpha value is -3.28. The molecule has 1 amide bonds. The van der Waals surface area contributed by atoms with Crippen molar-refractivity contribution in [2.45, 2.75) is 45.6 Å². The Labute approximate surface area is 194 Å². The number of anilines is 2. The number of aromatic nitrogens is 2. The van der Waals surface area contributed by atoms with E-state index in [1.807, 2.05) is 29.2 Å². The number of aryl methyl sites for hydroxylation is 2. The van der Waals surface area contributed by atoms with Crippen LogP contribution in [0.3, 0.4) is 0 Å². The van der Waals surface area contributed by atoms with E-state index in [0.29, 0.717) is 0 Å². The maximum Gasteiger partial charge on any atom is 0.230 e. The maximum absolute atomic E-state index is 13.7. The molecule has 170 valence electrons. The number of hydrogen-bond acceptors (Lipinski definition) is 4. The smallest absolute Gasteiger partial charge is 0.230 e. The molecule has 2 aliphatic heterocycles. The van der Waals surface area contributed by atoms with Crippen LogP contribution in [0.1, 0.15) is 37.3 Å². The first-order valence-corrected chi connectivity index (χ1v) is 11.8.